The van der Waals surface area contributed by atoms with Gasteiger partial charge in [0.25, 0.3) is 0 Å². The van der Waals surface area contributed by atoms with Crippen LogP contribution in [0.15, 0.2) is 12.1 Å². The summed E-state index contributed by atoms with van der Waals surface area (Å²) in [5.41, 5.74) is 4.94. The molecular weight excluding hydrogens is 282 g/mol. The lowest BCUT2D eigenvalue weighted by Gasteiger charge is -2.18. The van der Waals surface area contributed by atoms with Crippen LogP contribution in [0.3, 0.4) is 0 Å². The van der Waals surface area contributed by atoms with E-state index in [9.17, 15) is 18.4 Å². The molecule has 2 atom stereocenters. The van der Waals surface area contributed by atoms with Crippen molar-refractivity contribution in [2.24, 2.45) is 11.7 Å². The Labute approximate surface area is 121 Å². The molecule has 1 aromatic rings. The largest absolute Gasteiger partial charge is 0.465 e. The van der Waals surface area contributed by atoms with E-state index in [1.54, 1.807) is 6.92 Å². The lowest BCUT2D eigenvalue weighted by molar-refractivity contribution is -0.118. The number of hydrogen-bond acceptors (Lipinski definition) is 4. The maximum Gasteiger partial charge on any atom is 0.340 e. The first-order valence-electron chi connectivity index (χ1n) is 6.45. The summed E-state index contributed by atoms with van der Waals surface area (Å²) in [4.78, 5) is 23.2. The van der Waals surface area contributed by atoms with E-state index in [1.165, 1.54) is 0 Å². The Balaban J connectivity index is 3.03. The highest BCUT2D eigenvalue weighted by Gasteiger charge is 2.22. The van der Waals surface area contributed by atoms with Crippen LogP contribution in [-0.4, -0.2) is 25.0 Å². The van der Waals surface area contributed by atoms with Crippen molar-refractivity contribution in [3.05, 3.63) is 29.3 Å². The molecule has 116 valence electrons. The Bertz CT molecular complexity index is 549. The lowest BCUT2D eigenvalue weighted by atomic mass is 9.99. The van der Waals surface area contributed by atoms with Crippen LogP contribution in [-0.2, 0) is 9.53 Å². The van der Waals surface area contributed by atoms with Gasteiger partial charge in [-0.2, -0.15) is 0 Å². The molecule has 0 saturated carbocycles. The summed E-state index contributed by atoms with van der Waals surface area (Å²) >= 11 is 0. The second-order valence-electron chi connectivity index (χ2n) is 4.70. The highest BCUT2D eigenvalue weighted by molar-refractivity contribution is 5.97. The van der Waals surface area contributed by atoms with Gasteiger partial charge < -0.3 is 15.8 Å². The van der Waals surface area contributed by atoms with Crippen molar-refractivity contribution in [2.45, 2.75) is 26.3 Å². The van der Waals surface area contributed by atoms with Gasteiger partial charge in [-0.15, -0.1) is 0 Å². The number of rotatable bonds is 5. The molecule has 0 aromatic heterocycles. The van der Waals surface area contributed by atoms with Crippen LogP contribution < -0.4 is 11.1 Å². The molecule has 3 N–H and O–H groups in total. The lowest BCUT2D eigenvalue weighted by Crippen LogP contribution is -2.40. The average molecular weight is 300 g/mol. The number of anilines is 1. The second kappa shape index (κ2) is 7.12. The number of ether oxygens (including phenoxy) is 1. The van der Waals surface area contributed by atoms with Crippen molar-refractivity contribution in [2.75, 3.05) is 12.4 Å². The molecule has 1 aromatic carbocycles. The minimum atomic E-state index is -1.07. The normalized spacial score (nSPS) is 13.4. The number of hydrogen-bond donors (Lipinski definition) is 2. The molecule has 0 aliphatic carbocycles. The summed E-state index contributed by atoms with van der Waals surface area (Å²) in [5, 5.41) is 2.26. The Morgan fingerprint density at radius 2 is 1.95 bits per heavy atom. The first kappa shape index (κ1) is 17.0. The van der Waals surface area contributed by atoms with Crippen molar-refractivity contribution < 1.29 is 23.1 Å². The smallest absolute Gasteiger partial charge is 0.340 e. The van der Waals surface area contributed by atoms with Gasteiger partial charge in [-0.25, -0.2) is 13.6 Å². The molecular formula is C14H18F2N2O3. The maximum absolute atomic E-state index is 13.7. The quantitative estimate of drug-likeness (QED) is 0.816. The molecule has 1 amide bonds. The SMILES string of the molecule is CC[C@H](C)[C@H](N)C(=O)Nc1cc(C(=O)OC)c(F)cc1F. The van der Waals surface area contributed by atoms with E-state index in [1.807, 2.05) is 6.92 Å². The molecule has 0 fully saturated rings. The predicted molar refractivity (Wildman–Crippen MR) is 73.8 cm³/mol. The van der Waals surface area contributed by atoms with E-state index in [2.05, 4.69) is 10.1 Å². The predicted octanol–water partition coefficient (Wildman–Crippen LogP) is 2.06. The van der Waals surface area contributed by atoms with Crippen LogP contribution in [0.25, 0.3) is 0 Å². The fourth-order valence-electron chi connectivity index (χ4n) is 1.64. The van der Waals surface area contributed by atoms with E-state index in [0.29, 0.717) is 12.5 Å². The molecule has 0 aliphatic heterocycles. The van der Waals surface area contributed by atoms with E-state index in [4.69, 9.17) is 5.73 Å². The molecule has 1 rings (SSSR count). The third-order valence-electron chi connectivity index (χ3n) is 3.28. The number of halogens is 2. The molecule has 7 heteroatoms. The summed E-state index contributed by atoms with van der Waals surface area (Å²) in [7, 11) is 1.07. The van der Waals surface area contributed by atoms with Gasteiger partial charge in [0.2, 0.25) is 5.91 Å². The third kappa shape index (κ3) is 3.98. The van der Waals surface area contributed by atoms with Gasteiger partial charge in [0.05, 0.1) is 24.4 Å². The Kier molecular flexibility index (Phi) is 5.78. The van der Waals surface area contributed by atoms with Gasteiger partial charge >= 0.3 is 5.97 Å². The van der Waals surface area contributed by atoms with Crippen LogP contribution in [0, 0.1) is 17.6 Å². The molecule has 0 bridgehead atoms. The number of esters is 1. The first-order valence-corrected chi connectivity index (χ1v) is 6.45. The Hall–Kier alpha value is -2.02. The van der Waals surface area contributed by atoms with Crippen molar-refractivity contribution in [3.63, 3.8) is 0 Å². The number of amides is 1. The van der Waals surface area contributed by atoms with Crippen molar-refractivity contribution >= 4 is 17.6 Å². The number of nitrogens with one attached hydrogen (secondary N) is 1. The number of benzene rings is 1. The average Bonchev–Trinajstić information content (AvgIpc) is 2.47. The van der Waals surface area contributed by atoms with Gasteiger partial charge in [0.15, 0.2) is 0 Å². The number of nitrogens with two attached hydrogens (primary N) is 1. The topological polar surface area (TPSA) is 81.4 Å². The zero-order valence-corrected chi connectivity index (χ0v) is 12.1. The molecule has 0 aliphatic rings. The zero-order valence-electron chi connectivity index (χ0n) is 12.1. The highest BCUT2D eigenvalue weighted by atomic mass is 19.1. The Morgan fingerprint density at radius 1 is 1.33 bits per heavy atom. The van der Waals surface area contributed by atoms with Crippen LogP contribution in [0.4, 0.5) is 14.5 Å². The summed E-state index contributed by atoms with van der Waals surface area (Å²) in [5.74, 6) is -3.73. The van der Waals surface area contributed by atoms with E-state index >= 15 is 0 Å². The molecule has 21 heavy (non-hydrogen) atoms. The zero-order chi connectivity index (χ0) is 16.2. The summed E-state index contributed by atoms with van der Waals surface area (Å²) in [6.07, 6.45) is 0.675. The maximum atomic E-state index is 13.7. The molecule has 0 unspecified atom stereocenters. The fourth-order valence-corrected chi connectivity index (χ4v) is 1.64. The number of carbonyl (C=O) groups is 2. The van der Waals surface area contributed by atoms with E-state index in [0.717, 1.165) is 13.2 Å². The summed E-state index contributed by atoms with van der Waals surface area (Å²) in [6.45, 7) is 3.65. The summed E-state index contributed by atoms with van der Waals surface area (Å²) in [6, 6.07) is 0.565. The second-order valence-corrected chi connectivity index (χ2v) is 4.70. The monoisotopic (exact) mass is 300 g/mol. The molecule has 0 spiro atoms. The number of methoxy groups -OCH3 is 1. The minimum absolute atomic E-state index is 0.103. The standard InChI is InChI=1S/C14H18F2N2O3/c1-4-7(2)12(17)13(19)18-11-5-8(14(20)21-3)9(15)6-10(11)16/h5-7,12H,4,17H2,1-3H3,(H,18,19)/t7-,12-/m0/s1. The molecule has 0 heterocycles. The van der Waals surface area contributed by atoms with Gasteiger partial charge in [-0.1, -0.05) is 20.3 Å². The van der Waals surface area contributed by atoms with Gasteiger partial charge in [-0.3, -0.25) is 4.79 Å². The summed E-state index contributed by atoms with van der Waals surface area (Å²) < 4.78 is 31.5. The fraction of sp³-hybridized carbons (Fsp3) is 0.429. The Morgan fingerprint density at radius 3 is 2.48 bits per heavy atom. The van der Waals surface area contributed by atoms with Crippen LogP contribution in [0.1, 0.15) is 30.6 Å². The first-order chi connectivity index (χ1) is 9.81. The van der Waals surface area contributed by atoms with Gasteiger partial charge in [-0.05, 0) is 12.0 Å². The third-order valence-corrected chi connectivity index (χ3v) is 3.28. The van der Waals surface area contributed by atoms with Crippen molar-refractivity contribution in [3.8, 4) is 0 Å². The molecule has 5 nitrogen and oxygen atoms in total. The molecule has 0 saturated heterocycles. The van der Waals surface area contributed by atoms with Crippen molar-refractivity contribution in [1.82, 2.24) is 0 Å². The van der Waals surface area contributed by atoms with E-state index < -0.39 is 35.1 Å². The van der Waals surface area contributed by atoms with Gasteiger partial charge in [0.1, 0.15) is 11.6 Å². The van der Waals surface area contributed by atoms with Crippen LogP contribution in [0.2, 0.25) is 0 Å². The highest BCUT2D eigenvalue weighted by Crippen LogP contribution is 2.21. The van der Waals surface area contributed by atoms with E-state index in [-0.39, 0.29) is 11.6 Å². The minimum Gasteiger partial charge on any atom is -0.465 e. The van der Waals surface area contributed by atoms with Gasteiger partial charge in [0, 0.05) is 6.07 Å². The van der Waals surface area contributed by atoms with Crippen LogP contribution >= 0.6 is 0 Å². The molecule has 0 radical (unpaired) electrons. The number of carbonyl (C=O) groups excluding carboxylic acids is 2. The van der Waals surface area contributed by atoms with Crippen LogP contribution in [0.5, 0.6) is 0 Å². The van der Waals surface area contributed by atoms with Crippen molar-refractivity contribution in [1.29, 1.82) is 0 Å².